The molecule has 0 bridgehead atoms. The summed E-state index contributed by atoms with van der Waals surface area (Å²) in [5, 5.41) is 2.14. The lowest BCUT2D eigenvalue weighted by molar-refractivity contribution is 0.623. The van der Waals surface area contributed by atoms with E-state index in [1.807, 2.05) is 11.8 Å². The normalized spacial score (nSPS) is 18.2. The van der Waals surface area contributed by atoms with Crippen LogP contribution in [0.2, 0.25) is 0 Å². The van der Waals surface area contributed by atoms with E-state index in [2.05, 4.69) is 17.3 Å². The molecule has 0 saturated heterocycles. The molecule has 1 heterocycles. The molecule has 1 saturated carbocycles. The van der Waals surface area contributed by atoms with Gasteiger partial charge in [-0.15, -0.1) is 11.3 Å². The number of thioether (sulfide) groups is 1. The summed E-state index contributed by atoms with van der Waals surface area (Å²) < 4.78 is 1.25. The van der Waals surface area contributed by atoms with Crippen molar-refractivity contribution in [2.45, 2.75) is 36.9 Å². The van der Waals surface area contributed by atoms with Gasteiger partial charge >= 0.3 is 0 Å². The molecule has 1 nitrogen and oxygen atoms in total. The highest BCUT2D eigenvalue weighted by molar-refractivity contribution is 8.01. The van der Waals surface area contributed by atoms with E-state index in [-0.39, 0.29) is 0 Å². The van der Waals surface area contributed by atoms with Crippen molar-refractivity contribution in [1.82, 2.24) is 4.98 Å². The summed E-state index contributed by atoms with van der Waals surface area (Å²) in [6.07, 6.45) is 5.78. The lowest BCUT2D eigenvalue weighted by Gasteiger charge is -2.05. The zero-order valence-electron chi connectivity index (χ0n) is 7.95. The molecule has 1 aliphatic rings. The van der Waals surface area contributed by atoms with E-state index in [1.54, 1.807) is 11.3 Å². The Morgan fingerprint density at radius 1 is 1.54 bits per heavy atom. The molecular formula is C10H15NS2. The van der Waals surface area contributed by atoms with Gasteiger partial charge in [-0.25, -0.2) is 4.98 Å². The highest BCUT2D eigenvalue weighted by Gasteiger charge is 2.15. The smallest absolute Gasteiger partial charge is 0.150 e. The number of hydrogen-bond donors (Lipinski definition) is 0. The first-order valence-electron chi connectivity index (χ1n) is 4.89. The number of thiazole rings is 1. The first-order chi connectivity index (χ1) is 6.34. The van der Waals surface area contributed by atoms with Gasteiger partial charge in [0.2, 0.25) is 0 Å². The second-order valence-corrected chi connectivity index (χ2v) is 5.84. The van der Waals surface area contributed by atoms with Gasteiger partial charge in [-0.3, -0.25) is 0 Å². The van der Waals surface area contributed by atoms with E-state index in [0.29, 0.717) is 0 Å². The Morgan fingerprint density at radius 2 is 2.31 bits per heavy atom. The van der Waals surface area contributed by atoms with Crippen LogP contribution in [-0.2, 0) is 0 Å². The average molecular weight is 213 g/mol. The summed E-state index contributed by atoms with van der Waals surface area (Å²) in [5.41, 5.74) is 1.17. The minimum Gasteiger partial charge on any atom is -0.235 e. The van der Waals surface area contributed by atoms with E-state index in [0.717, 1.165) is 5.92 Å². The van der Waals surface area contributed by atoms with Crippen LogP contribution in [0.25, 0.3) is 0 Å². The molecule has 0 radical (unpaired) electrons. The van der Waals surface area contributed by atoms with Gasteiger partial charge in [0.05, 0.1) is 0 Å². The maximum absolute atomic E-state index is 4.45. The Balaban J connectivity index is 1.78. The first kappa shape index (κ1) is 9.53. The number of rotatable bonds is 3. The fraction of sp³-hybridized carbons (Fsp3) is 0.700. The van der Waals surface area contributed by atoms with Crippen molar-refractivity contribution in [1.29, 1.82) is 0 Å². The molecule has 0 unspecified atom stereocenters. The van der Waals surface area contributed by atoms with E-state index in [4.69, 9.17) is 0 Å². The Kier molecular flexibility index (Phi) is 3.28. The molecule has 3 heteroatoms. The minimum atomic E-state index is 0.967. The Hall–Kier alpha value is -0.0200. The van der Waals surface area contributed by atoms with Gasteiger partial charge in [-0.1, -0.05) is 24.6 Å². The second-order valence-electron chi connectivity index (χ2n) is 3.72. The average Bonchev–Trinajstić information content (AvgIpc) is 2.71. The van der Waals surface area contributed by atoms with Crippen LogP contribution in [0, 0.1) is 12.8 Å². The molecule has 1 aromatic rings. The second kappa shape index (κ2) is 4.47. The maximum Gasteiger partial charge on any atom is 0.150 e. The van der Waals surface area contributed by atoms with Crippen LogP contribution >= 0.6 is 23.1 Å². The molecule has 0 N–H and O–H groups in total. The predicted octanol–water partition coefficient (Wildman–Crippen LogP) is 3.73. The largest absolute Gasteiger partial charge is 0.235 e. The van der Waals surface area contributed by atoms with Crippen LogP contribution in [0.5, 0.6) is 0 Å². The van der Waals surface area contributed by atoms with Crippen molar-refractivity contribution in [3.05, 3.63) is 11.1 Å². The summed E-state index contributed by atoms with van der Waals surface area (Å²) in [4.78, 5) is 4.45. The molecule has 0 aliphatic heterocycles. The standard InChI is InChI=1S/C10H15NS2/c1-8-6-12-10(11-8)13-7-9-4-2-3-5-9/h6,9H,2-5,7H2,1H3. The van der Waals surface area contributed by atoms with Crippen molar-refractivity contribution < 1.29 is 0 Å². The minimum absolute atomic E-state index is 0.967. The van der Waals surface area contributed by atoms with Crippen LogP contribution in [0.4, 0.5) is 0 Å². The zero-order valence-corrected chi connectivity index (χ0v) is 9.59. The summed E-state index contributed by atoms with van der Waals surface area (Å²) in [6.45, 7) is 2.07. The molecule has 1 aromatic heterocycles. The number of hydrogen-bond acceptors (Lipinski definition) is 3. The highest BCUT2D eigenvalue weighted by Crippen LogP contribution is 2.31. The van der Waals surface area contributed by atoms with E-state index in [1.165, 1.54) is 41.5 Å². The van der Waals surface area contributed by atoms with Crippen molar-refractivity contribution >= 4 is 23.1 Å². The van der Waals surface area contributed by atoms with Gasteiger partial charge in [0, 0.05) is 16.8 Å². The number of nitrogens with zero attached hydrogens (tertiary/aromatic N) is 1. The molecule has 1 fully saturated rings. The molecule has 13 heavy (non-hydrogen) atoms. The fourth-order valence-electron chi connectivity index (χ4n) is 1.76. The summed E-state index contributed by atoms with van der Waals surface area (Å²) in [5.74, 6) is 2.25. The lowest BCUT2D eigenvalue weighted by Crippen LogP contribution is -1.95. The van der Waals surface area contributed by atoms with E-state index >= 15 is 0 Å². The topological polar surface area (TPSA) is 12.9 Å². The quantitative estimate of drug-likeness (QED) is 0.710. The van der Waals surface area contributed by atoms with Crippen molar-refractivity contribution in [3.63, 3.8) is 0 Å². The lowest BCUT2D eigenvalue weighted by atomic mass is 10.1. The fourth-order valence-corrected chi connectivity index (χ4v) is 3.83. The third-order valence-corrected chi connectivity index (χ3v) is 4.89. The van der Waals surface area contributed by atoms with Crippen molar-refractivity contribution in [3.8, 4) is 0 Å². The Bertz CT molecular complexity index is 264. The van der Waals surface area contributed by atoms with Crippen molar-refractivity contribution in [2.24, 2.45) is 5.92 Å². The molecule has 0 aromatic carbocycles. The molecular weight excluding hydrogens is 198 g/mol. The van der Waals surface area contributed by atoms with Crippen LogP contribution in [-0.4, -0.2) is 10.7 Å². The zero-order chi connectivity index (χ0) is 9.10. The molecule has 0 spiro atoms. The van der Waals surface area contributed by atoms with Gasteiger partial charge in [-0.05, 0) is 25.7 Å². The van der Waals surface area contributed by atoms with Gasteiger partial charge in [0.25, 0.3) is 0 Å². The summed E-state index contributed by atoms with van der Waals surface area (Å²) in [7, 11) is 0. The summed E-state index contributed by atoms with van der Waals surface area (Å²) in [6, 6.07) is 0. The molecule has 0 atom stereocenters. The van der Waals surface area contributed by atoms with Gasteiger partial charge in [0.1, 0.15) is 4.34 Å². The Labute approximate surface area is 88.0 Å². The molecule has 2 rings (SSSR count). The molecule has 0 amide bonds. The number of aromatic nitrogens is 1. The SMILES string of the molecule is Cc1csc(SCC2CCCC2)n1. The first-order valence-corrected chi connectivity index (χ1v) is 6.76. The Morgan fingerprint density at radius 3 is 2.92 bits per heavy atom. The van der Waals surface area contributed by atoms with Gasteiger partial charge < -0.3 is 0 Å². The van der Waals surface area contributed by atoms with Crippen molar-refractivity contribution in [2.75, 3.05) is 5.75 Å². The van der Waals surface area contributed by atoms with Crippen LogP contribution in [0.15, 0.2) is 9.72 Å². The highest BCUT2D eigenvalue weighted by atomic mass is 32.2. The summed E-state index contributed by atoms with van der Waals surface area (Å²) >= 11 is 3.73. The van der Waals surface area contributed by atoms with Gasteiger partial charge in [-0.2, -0.15) is 0 Å². The van der Waals surface area contributed by atoms with Gasteiger partial charge in [0.15, 0.2) is 0 Å². The van der Waals surface area contributed by atoms with E-state index in [9.17, 15) is 0 Å². The third kappa shape index (κ3) is 2.71. The maximum atomic E-state index is 4.45. The molecule has 72 valence electrons. The van der Waals surface area contributed by atoms with Crippen LogP contribution < -0.4 is 0 Å². The van der Waals surface area contributed by atoms with Crippen LogP contribution in [0.3, 0.4) is 0 Å². The molecule has 1 aliphatic carbocycles. The van der Waals surface area contributed by atoms with Crippen LogP contribution in [0.1, 0.15) is 31.4 Å². The predicted molar refractivity (Wildman–Crippen MR) is 59.5 cm³/mol. The van der Waals surface area contributed by atoms with E-state index < -0.39 is 0 Å². The monoisotopic (exact) mass is 213 g/mol. The third-order valence-electron chi connectivity index (χ3n) is 2.52. The number of aryl methyl sites for hydroxylation is 1.